The lowest BCUT2D eigenvalue weighted by atomic mass is 9.98. The molecule has 2 aromatic rings. The van der Waals surface area contributed by atoms with Gasteiger partial charge < -0.3 is 15.2 Å². The number of carbonyl (C=O) groups excluding carboxylic acids is 1. The average molecular weight is 311 g/mol. The normalized spacial score (nSPS) is 18.4. The maximum atomic E-state index is 12.2. The summed E-state index contributed by atoms with van der Waals surface area (Å²) in [7, 11) is 0. The number of halogens is 3. The van der Waals surface area contributed by atoms with Gasteiger partial charge in [-0.15, -0.1) is 0 Å². The number of hydrogen-bond donors (Lipinski definition) is 2. The van der Waals surface area contributed by atoms with Crippen molar-refractivity contribution in [3.8, 4) is 0 Å². The molecule has 118 valence electrons. The number of aromatic amines is 1. The minimum absolute atomic E-state index is 0.288. The maximum Gasteiger partial charge on any atom is 0.405 e. The SMILES string of the molecule is C[C@H]1c2[nH]c3ccccc3c2CCN1C(=O)NCC(F)(F)F. The van der Waals surface area contributed by atoms with Crippen molar-refractivity contribution in [2.24, 2.45) is 0 Å². The van der Waals surface area contributed by atoms with E-state index in [1.807, 2.05) is 36.5 Å². The summed E-state index contributed by atoms with van der Waals surface area (Å²) in [6.07, 6.45) is -3.77. The molecule has 0 unspecified atom stereocenters. The van der Waals surface area contributed by atoms with Crippen molar-refractivity contribution in [2.75, 3.05) is 13.1 Å². The number of rotatable bonds is 1. The molecule has 2 heterocycles. The molecule has 0 aliphatic carbocycles. The van der Waals surface area contributed by atoms with Crippen LogP contribution in [0.2, 0.25) is 0 Å². The minimum atomic E-state index is -4.40. The van der Waals surface area contributed by atoms with Gasteiger partial charge in [-0.2, -0.15) is 13.2 Å². The number of urea groups is 1. The molecular weight excluding hydrogens is 295 g/mol. The van der Waals surface area contributed by atoms with Crippen LogP contribution in [0.25, 0.3) is 10.9 Å². The Morgan fingerprint density at radius 2 is 2.14 bits per heavy atom. The monoisotopic (exact) mass is 311 g/mol. The number of alkyl halides is 3. The summed E-state index contributed by atoms with van der Waals surface area (Å²) in [6.45, 7) is 0.912. The molecule has 4 nitrogen and oxygen atoms in total. The third-order valence-electron chi connectivity index (χ3n) is 4.04. The van der Waals surface area contributed by atoms with E-state index >= 15 is 0 Å². The fraction of sp³-hybridized carbons (Fsp3) is 0.400. The van der Waals surface area contributed by atoms with Gasteiger partial charge >= 0.3 is 12.2 Å². The molecule has 0 fully saturated rings. The van der Waals surface area contributed by atoms with Crippen molar-refractivity contribution in [3.05, 3.63) is 35.5 Å². The van der Waals surface area contributed by atoms with E-state index in [0.717, 1.165) is 22.2 Å². The first kappa shape index (κ1) is 14.7. The molecule has 1 aliphatic rings. The second-order valence-electron chi connectivity index (χ2n) is 5.46. The minimum Gasteiger partial charge on any atom is -0.356 e. The summed E-state index contributed by atoms with van der Waals surface area (Å²) in [4.78, 5) is 16.7. The number of fused-ring (bicyclic) bond motifs is 3. The molecule has 0 spiro atoms. The second-order valence-corrected chi connectivity index (χ2v) is 5.46. The van der Waals surface area contributed by atoms with Crippen LogP contribution in [-0.4, -0.2) is 35.2 Å². The Kier molecular flexibility index (Phi) is 3.50. The zero-order valence-electron chi connectivity index (χ0n) is 12.0. The van der Waals surface area contributed by atoms with Crippen LogP contribution in [0.3, 0.4) is 0 Å². The Hall–Kier alpha value is -2.18. The fourth-order valence-corrected chi connectivity index (χ4v) is 2.98. The summed E-state index contributed by atoms with van der Waals surface area (Å²) in [5, 5.41) is 3.05. The predicted molar refractivity (Wildman–Crippen MR) is 76.6 cm³/mol. The molecule has 0 saturated heterocycles. The van der Waals surface area contributed by atoms with E-state index in [2.05, 4.69) is 4.98 Å². The molecule has 0 radical (unpaired) electrons. The highest BCUT2D eigenvalue weighted by Gasteiger charge is 2.33. The first-order valence-corrected chi connectivity index (χ1v) is 7.07. The molecule has 2 N–H and O–H groups in total. The first-order valence-electron chi connectivity index (χ1n) is 7.07. The second kappa shape index (κ2) is 5.23. The summed E-state index contributed by atoms with van der Waals surface area (Å²) in [5.41, 5.74) is 3.02. The molecule has 0 bridgehead atoms. The van der Waals surface area contributed by atoms with E-state index in [0.29, 0.717) is 13.0 Å². The van der Waals surface area contributed by atoms with Crippen molar-refractivity contribution in [1.82, 2.24) is 15.2 Å². The van der Waals surface area contributed by atoms with Crippen LogP contribution in [-0.2, 0) is 6.42 Å². The molecule has 0 saturated carbocycles. The first-order chi connectivity index (χ1) is 10.4. The van der Waals surface area contributed by atoms with E-state index in [-0.39, 0.29) is 6.04 Å². The molecule has 22 heavy (non-hydrogen) atoms. The van der Waals surface area contributed by atoms with Crippen LogP contribution in [0, 0.1) is 0 Å². The van der Waals surface area contributed by atoms with Crippen LogP contribution in [0.4, 0.5) is 18.0 Å². The lowest BCUT2D eigenvalue weighted by Gasteiger charge is -2.33. The molecular formula is C15H16F3N3O. The Morgan fingerprint density at radius 3 is 2.86 bits per heavy atom. The van der Waals surface area contributed by atoms with Crippen LogP contribution in [0.15, 0.2) is 24.3 Å². The highest BCUT2D eigenvalue weighted by atomic mass is 19.4. The van der Waals surface area contributed by atoms with E-state index < -0.39 is 18.8 Å². The highest BCUT2D eigenvalue weighted by Crippen LogP contribution is 2.34. The number of benzene rings is 1. The van der Waals surface area contributed by atoms with Crippen molar-refractivity contribution < 1.29 is 18.0 Å². The van der Waals surface area contributed by atoms with Gasteiger partial charge in [0.2, 0.25) is 0 Å². The molecule has 1 aromatic heterocycles. The van der Waals surface area contributed by atoms with Crippen LogP contribution < -0.4 is 5.32 Å². The number of aromatic nitrogens is 1. The van der Waals surface area contributed by atoms with Crippen molar-refractivity contribution in [3.63, 3.8) is 0 Å². The van der Waals surface area contributed by atoms with Gasteiger partial charge in [-0.05, 0) is 25.0 Å². The Morgan fingerprint density at radius 1 is 1.41 bits per heavy atom. The summed E-state index contributed by atoms with van der Waals surface area (Å²) in [5.74, 6) is 0. The predicted octanol–water partition coefficient (Wildman–Crippen LogP) is 3.36. The Balaban J connectivity index is 1.82. The summed E-state index contributed by atoms with van der Waals surface area (Å²) < 4.78 is 36.7. The third-order valence-corrected chi connectivity index (χ3v) is 4.04. The van der Waals surface area contributed by atoms with Crippen LogP contribution >= 0.6 is 0 Å². The van der Waals surface area contributed by atoms with Crippen LogP contribution in [0.1, 0.15) is 24.2 Å². The van der Waals surface area contributed by atoms with E-state index in [1.165, 1.54) is 4.90 Å². The van der Waals surface area contributed by atoms with Gasteiger partial charge in [0.25, 0.3) is 0 Å². The molecule has 2 amide bonds. The fourth-order valence-electron chi connectivity index (χ4n) is 2.98. The number of amides is 2. The zero-order valence-corrected chi connectivity index (χ0v) is 12.0. The molecule has 1 aromatic carbocycles. The third kappa shape index (κ3) is 2.63. The quantitative estimate of drug-likeness (QED) is 0.833. The van der Waals surface area contributed by atoms with Gasteiger partial charge in [-0.1, -0.05) is 18.2 Å². The van der Waals surface area contributed by atoms with Gasteiger partial charge in [-0.3, -0.25) is 0 Å². The maximum absolute atomic E-state index is 12.2. The molecule has 1 aliphatic heterocycles. The van der Waals surface area contributed by atoms with E-state index in [4.69, 9.17) is 0 Å². The lowest BCUT2D eigenvalue weighted by molar-refractivity contribution is -0.123. The van der Waals surface area contributed by atoms with Gasteiger partial charge in [0, 0.05) is 23.1 Å². The van der Waals surface area contributed by atoms with E-state index in [9.17, 15) is 18.0 Å². The molecule has 3 rings (SSSR count). The van der Waals surface area contributed by atoms with E-state index in [1.54, 1.807) is 0 Å². The standard InChI is InChI=1S/C15H16F3N3O/c1-9-13-11(10-4-2-3-5-12(10)20-13)6-7-21(9)14(22)19-8-15(16,17)18/h2-5,9,20H,6-8H2,1H3,(H,19,22)/t9-/m0/s1. The van der Waals surface area contributed by atoms with Gasteiger partial charge in [0.15, 0.2) is 0 Å². The summed E-state index contributed by atoms with van der Waals surface area (Å²) >= 11 is 0. The van der Waals surface area contributed by atoms with Gasteiger partial charge in [0.05, 0.1) is 6.04 Å². The smallest absolute Gasteiger partial charge is 0.356 e. The number of hydrogen-bond acceptors (Lipinski definition) is 1. The molecule has 1 atom stereocenters. The van der Waals surface area contributed by atoms with Crippen molar-refractivity contribution >= 4 is 16.9 Å². The number of H-pyrrole nitrogens is 1. The number of nitrogens with one attached hydrogen (secondary N) is 2. The average Bonchev–Trinajstić information content (AvgIpc) is 2.84. The Labute approximate surface area is 125 Å². The highest BCUT2D eigenvalue weighted by molar-refractivity contribution is 5.86. The number of carbonyl (C=O) groups is 1. The zero-order chi connectivity index (χ0) is 15.9. The largest absolute Gasteiger partial charge is 0.405 e. The Bertz CT molecular complexity index is 708. The summed E-state index contributed by atoms with van der Waals surface area (Å²) in [6, 6.07) is 6.86. The molecule has 7 heteroatoms. The topological polar surface area (TPSA) is 48.1 Å². The van der Waals surface area contributed by atoms with Gasteiger partial charge in [0.1, 0.15) is 6.54 Å². The lowest BCUT2D eigenvalue weighted by Crippen LogP contribution is -2.47. The van der Waals surface area contributed by atoms with Crippen molar-refractivity contribution in [2.45, 2.75) is 25.6 Å². The van der Waals surface area contributed by atoms with Crippen LogP contribution in [0.5, 0.6) is 0 Å². The van der Waals surface area contributed by atoms with Crippen molar-refractivity contribution in [1.29, 1.82) is 0 Å². The number of nitrogens with zero attached hydrogens (tertiary/aromatic N) is 1. The van der Waals surface area contributed by atoms with Gasteiger partial charge in [-0.25, -0.2) is 4.79 Å². The number of para-hydroxylation sites is 1.